The van der Waals surface area contributed by atoms with Crippen molar-refractivity contribution in [2.24, 2.45) is 0 Å². The van der Waals surface area contributed by atoms with E-state index in [-0.39, 0.29) is 11.3 Å². The molecular weight excluding hydrogens is 510 g/mol. The van der Waals surface area contributed by atoms with E-state index in [1.807, 2.05) is 42.5 Å². The number of phenolic OH excluding ortho intramolecular Hbond substituents is 1. The fourth-order valence-electron chi connectivity index (χ4n) is 6.17. The molecule has 1 fully saturated rings. The number of pyridine rings is 1. The van der Waals surface area contributed by atoms with Crippen LogP contribution in [-0.2, 0) is 0 Å². The zero-order chi connectivity index (χ0) is 27.9. The van der Waals surface area contributed by atoms with Crippen LogP contribution in [0.25, 0.3) is 55.7 Å². The lowest BCUT2D eigenvalue weighted by Gasteiger charge is -2.25. The highest BCUT2D eigenvalue weighted by molar-refractivity contribution is 5.94. The molecule has 2 N–H and O–H groups in total. The van der Waals surface area contributed by atoms with Crippen LogP contribution in [0.1, 0.15) is 48.5 Å². The summed E-state index contributed by atoms with van der Waals surface area (Å²) in [5, 5.41) is 20.8. The van der Waals surface area contributed by atoms with Crippen molar-refractivity contribution in [3.05, 3.63) is 103 Å². The number of carboxylic acids is 1. The maximum absolute atomic E-state index is 11.6. The first kappa shape index (κ1) is 25.0. The highest BCUT2D eigenvalue weighted by atomic mass is 16.4. The summed E-state index contributed by atoms with van der Waals surface area (Å²) in [5.41, 5.74) is 7.48. The Hall–Kier alpha value is -4.97. The van der Waals surface area contributed by atoms with Crippen LogP contribution in [0.4, 0.5) is 0 Å². The number of phenols is 1. The summed E-state index contributed by atoms with van der Waals surface area (Å²) in [6, 6.07) is 31.3. The van der Waals surface area contributed by atoms with E-state index in [1.54, 1.807) is 24.3 Å². The molecule has 0 aliphatic heterocycles. The third-order valence-corrected chi connectivity index (χ3v) is 8.19. The predicted octanol–water partition coefficient (Wildman–Crippen LogP) is 8.49. The number of nitrogens with zero attached hydrogens (tertiary/aromatic N) is 3. The Morgan fingerprint density at radius 3 is 2.37 bits per heavy atom. The molecule has 0 bridgehead atoms. The average molecular weight is 540 g/mol. The molecular formula is C35H29N3O3. The molecule has 6 heteroatoms. The van der Waals surface area contributed by atoms with Crippen LogP contribution in [0.5, 0.6) is 5.75 Å². The van der Waals surface area contributed by atoms with Gasteiger partial charge in [-0.2, -0.15) is 0 Å². The van der Waals surface area contributed by atoms with Gasteiger partial charge < -0.3 is 14.8 Å². The van der Waals surface area contributed by atoms with Gasteiger partial charge in [0.05, 0.1) is 27.8 Å². The molecule has 0 saturated heterocycles. The largest absolute Gasteiger partial charge is 0.508 e. The third kappa shape index (κ3) is 4.61. The third-order valence-electron chi connectivity index (χ3n) is 8.19. The summed E-state index contributed by atoms with van der Waals surface area (Å²) in [6.07, 6.45) is 5.79. The Balaban J connectivity index is 1.34. The van der Waals surface area contributed by atoms with E-state index in [4.69, 9.17) is 9.97 Å². The molecule has 2 heterocycles. The molecule has 1 saturated carbocycles. The monoisotopic (exact) mass is 539 g/mol. The van der Waals surface area contributed by atoms with Gasteiger partial charge in [0, 0.05) is 22.6 Å². The quantitative estimate of drug-likeness (QED) is 0.229. The van der Waals surface area contributed by atoms with Gasteiger partial charge in [-0.3, -0.25) is 0 Å². The predicted molar refractivity (Wildman–Crippen MR) is 162 cm³/mol. The fraction of sp³-hybridized carbons (Fsp3) is 0.171. The minimum atomic E-state index is -0.949. The van der Waals surface area contributed by atoms with E-state index in [0.29, 0.717) is 11.6 Å². The number of aromatic carboxylic acids is 1. The van der Waals surface area contributed by atoms with Crippen LogP contribution in [0, 0.1) is 0 Å². The van der Waals surface area contributed by atoms with Crippen molar-refractivity contribution in [1.82, 2.24) is 14.5 Å². The van der Waals surface area contributed by atoms with E-state index < -0.39 is 5.97 Å². The van der Waals surface area contributed by atoms with E-state index >= 15 is 0 Å². The molecule has 41 heavy (non-hydrogen) atoms. The van der Waals surface area contributed by atoms with Crippen molar-refractivity contribution in [3.8, 4) is 39.5 Å². The minimum absolute atomic E-state index is 0.199. The lowest BCUT2D eigenvalue weighted by Crippen LogP contribution is -2.14. The Bertz CT molecular complexity index is 1920. The maximum atomic E-state index is 11.6. The summed E-state index contributed by atoms with van der Waals surface area (Å²) >= 11 is 0. The summed E-state index contributed by atoms with van der Waals surface area (Å²) in [5.74, 6) is 0.111. The van der Waals surface area contributed by atoms with Gasteiger partial charge in [-0.15, -0.1) is 0 Å². The number of hydrogen-bond donors (Lipinski definition) is 2. The van der Waals surface area contributed by atoms with Gasteiger partial charge in [0.25, 0.3) is 0 Å². The van der Waals surface area contributed by atoms with Gasteiger partial charge >= 0.3 is 5.97 Å². The van der Waals surface area contributed by atoms with E-state index in [2.05, 4.69) is 34.9 Å². The number of carbonyl (C=O) groups is 1. The molecule has 6 aromatic rings. The molecule has 0 radical (unpaired) electrons. The molecule has 7 rings (SSSR count). The van der Waals surface area contributed by atoms with Crippen LogP contribution in [0.2, 0.25) is 0 Å². The van der Waals surface area contributed by atoms with Crippen molar-refractivity contribution >= 4 is 27.9 Å². The van der Waals surface area contributed by atoms with Crippen molar-refractivity contribution in [2.75, 3.05) is 0 Å². The van der Waals surface area contributed by atoms with E-state index in [9.17, 15) is 15.0 Å². The van der Waals surface area contributed by atoms with Gasteiger partial charge in [0.1, 0.15) is 11.6 Å². The fourth-order valence-corrected chi connectivity index (χ4v) is 6.17. The summed E-state index contributed by atoms with van der Waals surface area (Å²) in [7, 11) is 0. The van der Waals surface area contributed by atoms with E-state index in [0.717, 1.165) is 63.0 Å². The van der Waals surface area contributed by atoms with Crippen molar-refractivity contribution in [1.29, 1.82) is 0 Å². The highest BCUT2D eigenvalue weighted by Crippen LogP contribution is 2.38. The molecule has 1 aliphatic carbocycles. The normalized spacial score (nSPS) is 14.0. The topological polar surface area (TPSA) is 88.2 Å². The minimum Gasteiger partial charge on any atom is -0.508 e. The lowest BCUT2D eigenvalue weighted by molar-refractivity contribution is 0.0697. The van der Waals surface area contributed by atoms with Crippen molar-refractivity contribution < 1.29 is 15.0 Å². The Kier molecular flexibility index (Phi) is 6.23. The molecule has 0 atom stereocenters. The lowest BCUT2D eigenvalue weighted by atomic mass is 9.94. The second-order valence-electron chi connectivity index (χ2n) is 10.8. The molecule has 6 nitrogen and oxygen atoms in total. The highest BCUT2D eigenvalue weighted by Gasteiger charge is 2.23. The number of aromatic nitrogens is 3. The van der Waals surface area contributed by atoms with Crippen LogP contribution >= 0.6 is 0 Å². The van der Waals surface area contributed by atoms with Gasteiger partial charge in [-0.25, -0.2) is 14.8 Å². The summed E-state index contributed by atoms with van der Waals surface area (Å²) < 4.78 is 2.32. The van der Waals surface area contributed by atoms with Crippen LogP contribution in [0.15, 0.2) is 97.1 Å². The number of aromatic hydroxyl groups is 1. The first-order valence-electron chi connectivity index (χ1n) is 14.1. The SMILES string of the molecule is O=C(O)c1ccc2c(c1)nc(-c1ccc3nc(-c4cc(O)ccc4-c4ccccc4)ccc3c1)n2C1CCCCC1. The number of carboxylic acid groups (broad SMARTS) is 1. The van der Waals surface area contributed by atoms with Gasteiger partial charge in [-0.05, 0) is 78.6 Å². The Morgan fingerprint density at radius 2 is 1.56 bits per heavy atom. The molecule has 4 aromatic carbocycles. The zero-order valence-corrected chi connectivity index (χ0v) is 22.5. The number of hydrogen-bond acceptors (Lipinski definition) is 4. The number of benzene rings is 4. The molecule has 202 valence electrons. The molecule has 1 aliphatic rings. The summed E-state index contributed by atoms with van der Waals surface area (Å²) in [4.78, 5) is 21.6. The van der Waals surface area contributed by atoms with Gasteiger partial charge in [0.15, 0.2) is 0 Å². The van der Waals surface area contributed by atoms with Crippen LogP contribution < -0.4 is 0 Å². The zero-order valence-electron chi connectivity index (χ0n) is 22.5. The molecule has 0 spiro atoms. The van der Waals surface area contributed by atoms with Gasteiger partial charge in [-0.1, -0.05) is 61.7 Å². The standard InChI is InChI=1S/C35H29N3O3/c39-27-14-15-28(22-7-3-1-4-8-22)29(21-27)31-17-11-23-19-24(12-16-30(23)36-31)34-37-32-20-25(35(40)41)13-18-33(32)38(34)26-9-5-2-6-10-26/h1,3-4,7-8,11-21,26,39H,2,5-6,9-10H2,(H,40,41). The first-order chi connectivity index (χ1) is 20.0. The number of imidazole rings is 1. The van der Waals surface area contributed by atoms with Crippen LogP contribution in [-0.4, -0.2) is 30.7 Å². The smallest absolute Gasteiger partial charge is 0.335 e. The first-order valence-corrected chi connectivity index (χ1v) is 14.1. The number of rotatable bonds is 5. The van der Waals surface area contributed by atoms with Crippen molar-refractivity contribution in [3.63, 3.8) is 0 Å². The second kappa shape index (κ2) is 10.2. The molecule has 0 unspecified atom stereocenters. The van der Waals surface area contributed by atoms with E-state index in [1.165, 1.54) is 19.3 Å². The second-order valence-corrected chi connectivity index (χ2v) is 10.8. The molecule has 0 amide bonds. The Labute approximate surface area is 237 Å². The maximum Gasteiger partial charge on any atom is 0.335 e. The van der Waals surface area contributed by atoms with Crippen LogP contribution in [0.3, 0.4) is 0 Å². The van der Waals surface area contributed by atoms with Gasteiger partial charge in [0.2, 0.25) is 0 Å². The molecule has 2 aromatic heterocycles. The summed E-state index contributed by atoms with van der Waals surface area (Å²) in [6.45, 7) is 0. The average Bonchev–Trinajstić information content (AvgIpc) is 3.40. The Morgan fingerprint density at radius 1 is 0.732 bits per heavy atom. The number of fused-ring (bicyclic) bond motifs is 2. The van der Waals surface area contributed by atoms with Crippen molar-refractivity contribution in [2.45, 2.75) is 38.1 Å².